The van der Waals surface area contributed by atoms with Gasteiger partial charge in [0, 0.05) is 36.6 Å². The third kappa shape index (κ3) is 4.62. The van der Waals surface area contributed by atoms with E-state index in [1.807, 2.05) is 6.07 Å². The van der Waals surface area contributed by atoms with E-state index in [1.54, 1.807) is 12.1 Å². The Morgan fingerprint density at radius 2 is 2.20 bits per heavy atom. The molecule has 0 bridgehead atoms. The highest BCUT2D eigenvalue weighted by atomic mass is 35.5. The molecule has 2 heterocycles. The van der Waals surface area contributed by atoms with Gasteiger partial charge < -0.3 is 24.5 Å². The van der Waals surface area contributed by atoms with E-state index in [0.29, 0.717) is 36.4 Å². The van der Waals surface area contributed by atoms with Crippen LogP contribution in [0.1, 0.15) is 12.8 Å². The number of nitrogens with zero attached hydrogens (tertiary/aromatic N) is 2. The standard InChI is InChI=1S/C17H22ClN3O4/c18-13-1-2-14-15(11-13)25-17(20-14)21-6-3-12(4-7-21)16(23)19-5-9-24-10-8-22/h1-2,11-12,22H,3-10H2,(H,19,23). The van der Waals surface area contributed by atoms with Gasteiger partial charge in [0.1, 0.15) is 5.52 Å². The van der Waals surface area contributed by atoms with Crippen LogP contribution in [-0.4, -0.2) is 55.5 Å². The number of carbonyl (C=O) groups is 1. The molecule has 1 aliphatic heterocycles. The van der Waals surface area contributed by atoms with Crippen molar-refractivity contribution < 1.29 is 19.1 Å². The van der Waals surface area contributed by atoms with Crippen LogP contribution < -0.4 is 10.2 Å². The van der Waals surface area contributed by atoms with Gasteiger partial charge in [-0.3, -0.25) is 4.79 Å². The van der Waals surface area contributed by atoms with Crippen molar-refractivity contribution in [2.75, 3.05) is 44.4 Å². The summed E-state index contributed by atoms with van der Waals surface area (Å²) in [6, 6.07) is 5.96. The fraction of sp³-hybridized carbons (Fsp3) is 0.529. The summed E-state index contributed by atoms with van der Waals surface area (Å²) < 4.78 is 10.9. The van der Waals surface area contributed by atoms with E-state index < -0.39 is 0 Å². The fourth-order valence-electron chi connectivity index (χ4n) is 2.91. The summed E-state index contributed by atoms with van der Waals surface area (Å²) in [4.78, 5) is 18.7. The van der Waals surface area contributed by atoms with Gasteiger partial charge in [-0.1, -0.05) is 11.6 Å². The molecule has 1 saturated heterocycles. The van der Waals surface area contributed by atoms with Gasteiger partial charge in [-0.05, 0) is 25.0 Å². The summed E-state index contributed by atoms with van der Waals surface area (Å²) in [5.74, 6) is 0.0458. The van der Waals surface area contributed by atoms with Gasteiger partial charge >= 0.3 is 0 Å². The van der Waals surface area contributed by atoms with E-state index in [2.05, 4.69) is 15.2 Å². The van der Waals surface area contributed by atoms with E-state index in [-0.39, 0.29) is 18.4 Å². The van der Waals surface area contributed by atoms with Crippen molar-refractivity contribution in [3.05, 3.63) is 23.2 Å². The topological polar surface area (TPSA) is 87.8 Å². The summed E-state index contributed by atoms with van der Waals surface area (Å²) in [5, 5.41) is 12.1. The van der Waals surface area contributed by atoms with Crippen molar-refractivity contribution in [1.82, 2.24) is 10.3 Å². The van der Waals surface area contributed by atoms with Crippen LogP contribution in [0.15, 0.2) is 22.6 Å². The molecule has 1 aromatic heterocycles. The maximum Gasteiger partial charge on any atom is 0.298 e. The number of hydrogen-bond acceptors (Lipinski definition) is 6. The summed E-state index contributed by atoms with van der Waals surface area (Å²) in [7, 11) is 0. The average molecular weight is 368 g/mol. The Kier molecular flexibility index (Phi) is 6.12. The first-order chi connectivity index (χ1) is 12.2. The minimum Gasteiger partial charge on any atom is -0.423 e. The number of nitrogens with one attached hydrogen (secondary N) is 1. The van der Waals surface area contributed by atoms with Crippen LogP contribution in [0, 0.1) is 5.92 Å². The van der Waals surface area contributed by atoms with Crippen LogP contribution in [0.4, 0.5) is 6.01 Å². The monoisotopic (exact) mass is 367 g/mol. The number of halogens is 1. The SMILES string of the molecule is O=C(NCCOCCO)C1CCN(c2nc3ccc(Cl)cc3o2)CC1. The molecule has 0 atom stereocenters. The molecule has 1 amide bonds. The molecule has 1 aliphatic rings. The van der Waals surface area contributed by atoms with E-state index in [9.17, 15) is 4.79 Å². The van der Waals surface area contributed by atoms with Gasteiger partial charge in [-0.15, -0.1) is 0 Å². The molecule has 0 aliphatic carbocycles. The second-order valence-corrected chi connectivity index (χ2v) is 6.43. The van der Waals surface area contributed by atoms with Gasteiger partial charge in [0.05, 0.1) is 19.8 Å². The number of aromatic nitrogens is 1. The Hall–Kier alpha value is -1.83. The van der Waals surface area contributed by atoms with Crippen molar-refractivity contribution in [3.63, 3.8) is 0 Å². The Morgan fingerprint density at radius 1 is 1.40 bits per heavy atom. The number of fused-ring (bicyclic) bond motifs is 1. The first kappa shape index (κ1) is 18.0. The lowest BCUT2D eigenvalue weighted by Gasteiger charge is -2.30. The van der Waals surface area contributed by atoms with Crippen molar-refractivity contribution in [2.45, 2.75) is 12.8 Å². The Balaban J connectivity index is 1.48. The lowest BCUT2D eigenvalue weighted by molar-refractivity contribution is -0.125. The van der Waals surface area contributed by atoms with Crippen LogP contribution in [0.3, 0.4) is 0 Å². The molecule has 3 rings (SSSR count). The van der Waals surface area contributed by atoms with Gasteiger partial charge in [0.2, 0.25) is 5.91 Å². The van der Waals surface area contributed by atoms with Crippen LogP contribution in [0.5, 0.6) is 0 Å². The van der Waals surface area contributed by atoms with Crippen LogP contribution in [-0.2, 0) is 9.53 Å². The smallest absolute Gasteiger partial charge is 0.298 e. The summed E-state index contributed by atoms with van der Waals surface area (Å²) in [6.07, 6.45) is 1.51. The predicted octanol–water partition coefficient (Wildman–Crippen LogP) is 1.82. The van der Waals surface area contributed by atoms with Gasteiger partial charge in [-0.25, -0.2) is 0 Å². The number of anilines is 1. The molecule has 1 fully saturated rings. The van der Waals surface area contributed by atoms with E-state index in [4.69, 9.17) is 25.9 Å². The normalized spacial score (nSPS) is 15.7. The molecule has 0 saturated carbocycles. The molecule has 0 unspecified atom stereocenters. The summed E-state index contributed by atoms with van der Waals surface area (Å²) in [6.45, 7) is 2.61. The maximum atomic E-state index is 12.2. The first-order valence-corrected chi connectivity index (χ1v) is 8.82. The number of ether oxygens (including phenoxy) is 1. The number of rotatable bonds is 7. The van der Waals surface area contributed by atoms with Gasteiger partial charge in [0.15, 0.2) is 5.58 Å². The van der Waals surface area contributed by atoms with Gasteiger partial charge in [-0.2, -0.15) is 4.98 Å². The number of oxazole rings is 1. The highest BCUT2D eigenvalue weighted by Gasteiger charge is 2.27. The lowest BCUT2D eigenvalue weighted by atomic mass is 9.96. The zero-order valence-electron chi connectivity index (χ0n) is 13.9. The maximum absolute atomic E-state index is 12.2. The molecule has 136 valence electrons. The van der Waals surface area contributed by atoms with Crippen LogP contribution >= 0.6 is 11.6 Å². The zero-order chi connectivity index (χ0) is 17.6. The van der Waals surface area contributed by atoms with Crippen molar-refractivity contribution in [2.24, 2.45) is 5.92 Å². The third-order valence-corrected chi connectivity index (χ3v) is 4.49. The largest absolute Gasteiger partial charge is 0.423 e. The molecule has 0 spiro atoms. The average Bonchev–Trinajstić information content (AvgIpc) is 3.04. The summed E-state index contributed by atoms with van der Waals surface area (Å²) in [5.41, 5.74) is 1.45. The molecule has 2 aromatic rings. The Morgan fingerprint density at radius 3 is 2.96 bits per heavy atom. The van der Waals surface area contributed by atoms with Crippen LogP contribution in [0.25, 0.3) is 11.1 Å². The number of aliphatic hydroxyl groups excluding tert-OH is 1. The predicted molar refractivity (Wildman–Crippen MR) is 94.9 cm³/mol. The van der Waals surface area contributed by atoms with Crippen molar-refractivity contribution in [1.29, 1.82) is 0 Å². The number of benzene rings is 1. The summed E-state index contributed by atoms with van der Waals surface area (Å²) >= 11 is 5.97. The number of carbonyl (C=O) groups excluding carboxylic acids is 1. The van der Waals surface area contributed by atoms with Crippen LogP contribution in [0.2, 0.25) is 5.02 Å². The molecule has 7 nitrogen and oxygen atoms in total. The third-order valence-electron chi connectivity index (χ3n) is 4.26. The lowest BCUT2D eigenvalue weighted by Crippen LogP contribution is -2.41. The molecular weight excluding hydrogens is 346 g/mol. The minimum absolute atomic E-state index is 0.00552. The Labute approximate surface area is 150 Å². The van der Waals surface area contributed by atoms with E-state index in [1.165, 1.54) is 0 Å². The number of hydrogen-bond donors (Lipinski definition) is 2. The van der Waals surface area contributed by atoms with Crippen molar-refractivity contribution in [3.8, 4) is 0 Å². The second kappa shape index (κ2) is 8.51. The first-order valence-electron chi connectivity index (χ1n) is 8.44. The fourth-order valence-corrected chi connectivity index (χ4v) is 3.07. The highest BCUT2D eigenvalue weighted by molar-refractivity contribution is 6.31. The van der Waals surface area contributed by atoms with E-state index >= 15 is 0 Å². The number of aliphatic hydroxyl groups is 1. The van der Waals surface area contributed by atoms with E-state index in [0.717, 1.165) is 31.4 Å². The molecule has 8 heteroatoms. The quantitative estimate of drug-likeness (QED) is 0.726. The second-order valence-electron chi connectivity index (χ2n) is 6.00. The number of amides is 1. The van der Waals surface area contributed by atoms with Gasteiger partial charge in [0.25, 0.3) is 6.01 Å². The minimum atomic E-state index is -0.00656. The number of piperidine rings is 1. The molecule has 0 radical (unpaired) electrons. The highest BCUT2D eigenvalue weighted by Crippen LogP contribution is 2.27. The molecule has 2 N–H and O–H groups in total. The zero-order valence-corrected chi connectivity index (χ0v) is 14.7. The van der Waals surface area contributed by atoms with Crippen molar-refractivity contribution >= 4 is 34.6 Å². The molecular formula is C17H22ClN3O4. The Bertz CT molecular complexity index is 713. The molecule has 1 aromatic carbocycles. The molecule has 25 heavy (non-hydrogen) atoms.